The number of rotatable bonds is 0. The zero-order valence-electron chi connectivity index (χ0n) is 10.7. The molecular weight excluding hydrogens is 234 g/mol. The number of aromatic amines is 1. The molecule has 7 heteroatoms. The van der Waals surface area contributed by atoms with E-state index in [1.54, 1.807) is 6.20 Å². The Labute approximate surface area is 105 Å². The van der Waals surface area contributed by atoms with Gasteiger partial charge in [-0.1, -0.05) is 0 Å². The van der Waals surface area contributed by atoms with Gasteiger partial charge in [-0.3, -0.25) is 10.00 Å². The molecule has 0 aliphatic carbocycles. The summed E-state index contributed by atoms with van der Waals surface area (Å²) in [4.78, 5) is 13.5. The van der Waals surface area contributed by atoms with E-state index in [1.165, 1.54) is 4.90 Å². The van der Waals surface area contributed by atoms with Gasteiger partial charge < -0.3 is 10.6 Å². The van der Waals surface area contributed by atoms with Crippen LogP contribution in [0.5, 0.6) is 0 Å². The van der Waals surface area contributed by atoms with E-state index in [0.29, 0.717) is 18.8 Å². The molecular formula is C11H17N5O2. The average Bonchev–Trinajstić information content (AvgIpc) is 2.73. The topological polar surface area (TPSA) is 96.6 Å². The highest BCUT2D eigenvalue weighted by Gasteiger charge is 2.29. The molecule has 98 valence electrons. The highest BCUT2D eigenvalue weighted by Crippen LogP contribution is 2.19. The van der Waals surface area contributed by atoms with Crippen LogP contribution >= 0.6 is 0 Å². The fraction of sp³-hybridized carbons (Fsp3) is 0.545. The van der Waals surface area contributed by atoms with Crippen LogP contribution in [0, 0.1) is 0 Å². The van der Waals surface area contributed by atoms with E-state index in [2.05, 4.69) is 15.3 Å². The highest BCUT2D eigenvalue weighted by molar-refractivity contribution is 6.04. The molecule has 1 aromatic heterocycles. The number of ether oxygens (including phenoxy) is 1. The molecule has 7 nitrogen and oxygen atoms in total. The summed E-state index contributed by atoms with van der Waals surface area (Å²) in [5.74, 6) is 5.33. The first-order valence-electron chi connectivity index (χ1n) is 5.68. The highest BCUT2D eigenvalue weighted by atomic mass is 16.6. The van der Waals surface area contributed by atoms with Gasteiger partial charge in [-0.25, -0.2) is 4.79 Å². The third kappa shape index (κ3) is 2.44. The quantitative estimate of drug-likeness (QED) is 0.527. The lowest BCUT2D eigenvalue weighted by atomic mass is 10.1. The zero-order valence-corrected chi connectivity index (χ0v) is 10.7. The number of nitrogens with one attached hydrogen (secondary N) is 1. The lowest BCUT2D eigenvalue weighted by molar-refractivity contribution is 0.0257. The Balaban J connectivity index is 2.17. The Hall–Kier alpha value is -2.05. The van der Waals surface area contributed by atoms with Crippen molar-refractivity contribution >= 4 is 11.8 Å². The van der Waals surface area contributed by atoms with Crippen molar-refractivity contribution in [3.8, 4) is 0 Å². The second kappa shape index (κ2) is 4.32. The van der Waals surface area contributed by atoms with Crippen molar-refractivity contribution in [3.63, 3.8) is 0 Å². The minimum absolute atomic E-state index is 0.331. The molecule has 1 aliphatic rings. The molecule has 0 saturated heterocycles. The van der Waals surface area contributed by atoms with E-state index in [9.17, 15) is 4.79 Å². The van der Waals surface area contributed by atoms with Crippen molar-refractivity contribution in [1.29, 1.82) is 0 Å². The molecule has 0 fully saturated rings. The summed E-state index contributed by atoms with van der Waals surface area (Å²) in [5.41, 5.74) is 1.77. The Bertz CT molecular complexity index is 486. The molecule has 0 saturated carbocycles. The molecule has 0 unspecified atom stereocenters. The van der Waals surface area contributed by atoms with Crippen LogP contribution < -0.4 is 5.84 Å². The largest absolute Gasteiger partial charge is 0.444 e. The number of H-pyrrole nitrogens is 1. The average molecular weight is 251 g/mol. The molecule has 0 radical (unpaired) electrons. The smallest absolute Gasteiger partial charge is 0.410 e. The van der Waals surface area contributed by atoms with E-state index in [-0.39, 0.29) is 6.09 Å². The fourth-order valence-corrected chi connectivity index (χ4v) is 1.76. The maximum Gasteiger partial charge on any atom is 0.410 e. The molecule has 1 aromatic rings. The summed E-state index contributed by atoms with van der Waals surface area (Å²) in [5, 5.41) is 10.5. The number of carbonyl (C=O) groups excluding carboxylic acids is 1. The Morgan fingerprint density at radius 3 is 2.89 bits per heavy atom. The molecule has 2 rings (SSSR count). The SMILES string of the molecule is CC(C)(C)OC(=O)N1CC(=NN)c2cn[nH]c2C1. The Morgan fingerprint density at radius 1 is 1.56 bits per heavy atom. The van der Waals surface area contributed by atoms with Gasteiger partial charge in [-0.15, -0.1) is 0 Å². The van der Waals surface area contributed by atoms with Gasteiger partial charge in [0.2, 0.25) is 0 Å². The minimum Gasteiger partial charge on any atom is -0.444 e. The van der Waals surface area contributed by atoms with Crippen LogP contribution in [-0.4, -0.2) is 39.0 Å². The maximum absolute atomic E-state index is 12.0. The van der Waals surface area contributed by atoms with Crippen molar-refractivity contribution in [2.75, 3.05) is 6.54 Å². The maximum atomic E-state index is 12.0. The second-order valence-corrected chi connectivity index (χ2v) is 5.17. The van der Waals surface area contributed by atoms with Crippen LogP contribution in [0.1, 0.15) is 32.0 Å². The summed E-state index contributed by atoms with van der Waals surface area (Å²) in [6, 6.07) is 0. The molecule has 1 amide bonds. The molecule has 0 atom stereocenters. The summed E-state index contributed by atoms with van der Waals surface area (Å²) in [7, 11) is 0. The van der Waals surface area contributed by atoms with Crippen LogP contribution in [0.2, 0.25) is 0 Å². The third-order valence-corrected chi connectivity index (χ3v) is 2.53. The predicted octanol–water partition coefficient (Wildman–Crippen LogP) is 0.823. The van der Waals surface area contributed by atoms with Gasteiger partial charge in [0.05, 0.1) is 30.7 Å². The summed E-state index contributed by atoms with van der Waals surface area (Å²) >= 11 is 0. The number of hydrazone groups is 1. The molecule has 1 aliphatic heterocycles. The number of hydrogen-bond donors (Lipinski definition) is 2. The first-order valence-corrected chi connectivity index (χ1v) is 5.68. The third-order valence-electron chi connectivity index (χ3n) is 2.53. The Morgan fingerprint density at radius 2 is 2.28 bits per heavy atom. The van der Waals surface area contributed by atoms with Crippen molar-refractivity contribution in [3.05, 3.63) is 17.5 Å². The number of nitrogens with zero attached hydrogens (tertiary/aromatic N) is 3. The predicted molar refractivity (Wildman–Crippen MR) is 66.0 cm³/mol. The van der Waals surface area contributed by atoms with Gasteiger partial charge in [0.15, 0.2) is 0 Å². The second-order valence-electron chi connectivity index (χ2n) is 5.17. The van der Waals surface area contributed by atoms with Crippen LogP contribution in [0.25, 0.3) is 0 Å². The first kappa shape index (κ1) is 12.4. The molecule has 0 aromatic carbocycles. The van der Waals surface area contributed by atoms with Crippen molar-refractivity contribution in [1.82, 2.24) is 15.1 Å². The lowest BCUT2D eigenvalue weighted by Gasteiger charge is -2.30. The van der Waals surface area contributed by atoms with Gasteiger partial charge in [-0.05, 0) is 20.8 Å². The Kier molecular flexibility index (Phi) is 2.98. The number of amides is 1. The van der Waals surface area contributed by atoms with Gasteiger partial charge in [0, 0.05) is 5.56 Å². The number of aromatic nitrogens is 2. The normalized spacial score (nSPS) is 17.7. The molecule has 2 heterocycles. The van der Waals surface area contributed by atoms with E-state index < -0.39 is 5.60 Å². The van der Waals surface area contributed by atoms with Gasteiger partial charge in [0.25, 0.3) is 0 Å². The number of carbonyl (C=O) groups is 1. The van der Waals surface area contributed by atoms with Crippen molar-refractivity contribution in [2.24, 2.45) is 10.9 Å². The molecule has 18 heavy (non-hydrogen) atoms. The van der Waals surface area contributed by atoms with Gasteiger partial charge >= 0.3 is 6.09 Å². The zero-order chi connectivity index (χ0) is 13.3. The standard InChI is InChI=1S/C11H17N5O2/c1-11(2,3)18-10(17)16-5-8(14-12)7-4-13-15-9(7)6-16/h4H,5-6,12H2,1-3H3,(H,13,15). The van der Waals surface area contributed by atoms with E-state index >= 15 is 0 Å². The molecule has 3 N–H and O–H groups in total. The van der Waals surface area contributed by atoms with Crippen molar-refractivity contribution in [2.45, 2.75) is 32.9 Å². The van der Waals surface area contributed by atoms with Gasteiger partial charge in [0.1, 0.15) is 5.60 Å². The summed E-state index contributed by atoms with van der Waals surface area (Å²) < 4.78 is 5.32. The summed E-state index contributed by atoms with van der Waals surface area (Å²) in [6.45, 7) is 6.23. The number of fused-ring (bicyclic) bond motifs is 1. The van der Waals surface area contributed by atoms with Crippen LogP contribution in [0.3, 0.4) is 0 Å². The van der Waals surface area contributed by atoms with Crippen LogP contribution in [-0.2, 0) is 11.3 Å². The monoisotopic (exact) mass is 251 g/mol. The molecule has 0 bridgehead atoms. The first-order chi connectivity index (χ1) is 8.40. The molecule has 0 spiro atoms. The van der Waals surface area contributed by atoms with E-state index in [0.717, 1.165) is 11.3 Å². The summed E-state index contributed by atoms with van der Waals surface area (Å²) in [6.07, 6.45) is 1.27. The lowest BCUT2D eigenvalue weighted by Crippen LogP contribution is -2.42. The van der Waals surface area contributed by atoms with Crippen LogP contribution in [0.4, 0.5) is 4.79 Å². The van der Waals surface area contributed by atoms with Crippen molar-refractivity contribution < 1.29 is 9.53 Å². The van der Waals surface area contributed by atoms with E-state index in [4.69, 9.17) is 10.6 Å². The number of nitrogens with two attached hydrogens (primary N) is 1. The van der Waals surface area contributed by atoms with Gasteiger partial charge in [-0.2, -0.15) is 10.2 Å². The van der Waals surface area contributed by atoms with E-state index in [1.807, 2.05) is 20.8 Å². The fourth-order valence-electron chi connectivity index (χ4n) is 1.76. The minimum atomic E-state index is -0.522. The van der Waals surface area contributed by atoms with Crippen LogP contribution in [0.15, 0.2) is 11.3 Å². The number of hydrogen-bond acceptors (Lipinski definition) is 5.